The first-order valence-electron chi connectivity index (χ1n) is 6.37. The van der Waals surface area contributed by atoms with Crippen LogP contribution in [0.3, 0.4) is 0 Å². The maximum atomic E-state index is 14.1. The SMILES string of the molecule is CCCNc1cc([N+](=O)[O-])cc(-c2cccc(Br)c2F)n1. The van der Waals surface area contributed by atoms with Gasteiger partial charge in [-0.05, 0) is 34.5 Å². The molecule has 0 unspecified atom stereocenters. The summed E-state index contributed by atoms with van der Waals surface area (Å²) < 4.78 is 14.4. The number of halogens is 2. The normalized spacial score (nSPS) is 10.4. The maximum Gasteiger partial charge on any atom is 0.275 e. The van der Waals surface area contributed by atoms with Crippen LogP contribution in [0, 0.1) is 15.9 Å². The Morgan fingerprint density at radius 1 is 1.43 bits per heavy atom. The monoisotopic (exact) mass is 353 g/mol. The molecule has 1 heterocycles. The zero-order chi connectivity index (χ0) is 15.4. The Balaban J connectivity index is 2.54. The Hall–Kier alpha value is -2.02. The van der Waals surface area contributed by atoms with Crippen LogP contribution in [-0.4, -0.2) is 16.5 Å². The maximum absolute atomic E-state index is 14.1. The topological polar surface area (TPSA) is 68.1 Å². The molecule has 0 amide bonds. The zero-order valence-electron chi connectivity index (χ0n) is 11.3. The summed E-state index contributed by atoms with van der Waals surface area (Å²) in [5, 5.41) is 14.0. The van der Waals surface area contributed by atoms with Gasteiger partial charge in [-0.15, -0.1) is 0 Å². The average Bonchev–Trinajstić information content (AvgIpc) is 2.47. The molecule has 110 valence electrons. The number of benzene rings is 1. The Labute approximate surface area is 129 Å². The zero-order valence-corrected chi connectivity index (χ0v) is 12.9. The summed E-state index contributed by atoms with van der Waals surface area (Å²) >= 11 is 3.10. The van der Waals surface area contributed by atoms with Crippen LogP contribution in [0.1, 0.15) is 13.3 Å². The minimum atomic E-state index is -0.516. The van der Waals surface area contributed by atoms with E-state index in [0.29, 0.717) is 12.4 Å². The minimum Gasteiger partial charge on any atom is -0.370 e. The summed E-state index contributed by atoms with van der Waals surface area (Å²) in [4.78, 5) is 14.7. The van der Waals surface area contributed by atoms with Gasteiger partial charge >= 0.3 is 0 Å². The smallest absolute Gasteiger partial charge is 0.275 e. The van der Waals surface area contributed by atoms with Crippen LogP contribution in [0.25, 0.3) is 11.3 Å². The van der Waals surface area contributed by atoms with E-state index in [4.69, 9.17) is 0 Å². The van der Waals surface area contributed by atoms with Crippen LogP contribution >= 0.6 is 15.9 Å². The molecule has 1 aromatic heterocycles. The van der Waals surface area contributed by atoms with Gasteiger partial charge in [-0.25, -0.2) is 9.37 Å². The molecule has 0 fully saturated rings. The first kappa shape index (κ1) is 15.4. The molecule has 0 aliphatic rings. The van der Waals surface area contributed by atoms with E-state index in [1.807, 2.05) is 6.92 Å². The molecule has 1 N–H and O–H groups in total. The molecule has 0 aliphatic carbocycles. The van der Waals surface area contributed by atoms with Crippen LogP contribution in [0.2, 0.25) is 0 Å². The number of anilines is 1. The van der Waals surface area contributed by atoms with Crippen molar-refractivity contribution in [2.75, 3.05) is 11.9 Å². The second-order valence-corrected chi connectivity index (χ2v) is 5.24. The second-order valence-electron chi connectivity index (χ2n) is 4.38. The molecule has 0 saturated heterocycles. The van der Waals surface area contributed by atoms with Crippen molar-refractivity contribution in [2.45, 2.75) is 13.3 Å². The number of nitro groups is 1. The van der Waals surface area contributed by atoms with E-state index in [9.17, 15) is 14.5 Å². The van der Waals surface area contributed by atoms with Gasteiger partial charge in [0.15, 0.2) is 0 Å². The van der Waals surface area contributed by atoms with Gasteiger partial charge in [-0.3, -0.25) is 10.1 Å². The molecule has 0 atom stereocenters. The number of hydrogen-bond donors (Lipinski definition) is 1. The largest absolute Gasteiger partial charge is 0.370 e. The number of aromatic nitrogens is 1. The highest BCUT2D eigenvalue weighted by Gasteiger charge is 2.16. The summed E-state index contributed by atoms with van der Waals surface area (Å²) in [7, 11) is 0. The van der Waals surface area contributed by atoms with Crippen molar-refractivity contribution in [2.24, 2.45) is 0 Å². The standard InChI is InChI=1S/C14H13BrFN3O2/c1-2-6-17-13-8-9(19(20)21)7-12(18-13)10-4-3-5-11(15)14(10)16/h3-5,7-8H,2,6H2,1H3,(H,17,18). The van der Waals surface area contributed by atoms with Crippen molar-refractivity contribution in [1.82, 2.24) is 4.98 Å². The molecule has 5 nitrogen and oxygen atoms in total. The predicted octanol–water partition coefficient (Wildman–Crippen LogP) is 4.38. The summed E-state index contributed by atoms with van der Waals surface area (Å²) in [6.45, 7) is 2.60. The molecule has 7 heteroatoms. The summed E-state index contributed by atoms with van der Waals surface area (Å²) in [5.41, 5.74) is 0.312. The van der Waals surface area contributed by atoms with Crippen molar-refractivity contribution < 1.29 is 9.31 Å². The molecular weight excluding hydrogens is 341 g/mol. The van der Waals surface area contributed by atoms with Crippen LogP contribution in [0.4, 0.5) is 15.9 Å². The molecule has 0 bridgehead atoms. The predicted molar refractivity (Wildman–Crippen MR) is 82.8 cm³/mol. The molecule has 0 radical (unpaired) electrons. The van der Waals surface area contributed by atoms with E-state index in [0.717, 1.165) is 6.42 Å². The van der Waals surface area contributed by atoms with E-state index in [1.165, 1.54) is 18.2 Å². The molecule has 0 saturated carbocycles. The number of rotatable bonds is 5. The number of pyridine rings is 1. The van der Waals surface area contributed by atoms with E-state index < -0.39 is 10.7 Å². The Kier molecular flexibility index (Phi) is 4.85. The molecule has 0 spiro atoms. The van der Waals surface area contributed by atoms with Crippen LogP contribution in [0.5, 0.6) is 0 Å². The minimum absolute atomic E-state index is 0.127. The lowest BCUT2D eigenvalue weighted by Crippen LogP contribution is -2.04. The molecule has 2 rings (SSSR count). The lowest BCUT2D eigenvalue weighted by Gasteiger charge is -2.08. The highest BCUT2D eigenvalue weighted by atomic mass is 79.9. The Morgan fingerprint density at radius 3 is 2.86 bits per heavy atom. The summed E-state index contributed by atoms with van der Waals surface area (Å²) in [5.74, 6) is -0.132. The Bertz CT molecular complexity index is 679. The number of hydrogen-bond acceptors (Lipinski definition) is 4. The molecule has 1 aromatic carbocycles. The third-order valence-corrected chi connectivity index (χ3v) is 3.42. The van der Waals surface area contributed by atoms with Gasteiger partial charge in [0.25, 0.3) is 5.69 Å². The van der Waals surface area contributed by atoms with Crippen molar-refractivity contribution in [3.8, 4) is 11.3 Å². The molecular formula is C14H13BrFN3O2. The number of nitrogens with one attached hydrogen (secondary N) is 1. The number of nitrogens with zero attached hydrogens (tertiary/aromatic N) is 2. The average molecular weight is 354 g/mol. The fraction of sp³-hybridized carbons (Fsp3) is 0.214. The van der Waals surface area contributed by atoms with E-state index in [1.54, 1.807) is 12.1 Å². The molecule has 0 aliphatic heterocycles. The van der Waals surface area contributed by atoms with Gasteiger partial charge in [-0.1, -0.05) is 13.0 Å². The second kappa shape index (κ2) is 6.62. The van der Waals surface area contributed by atoms with Gasteiger partial charge in [0.1, 0.15) is 11.6 Å². The van der Waals surface area contributed by atoms with Gasteiger partial charge in [0.05, 0.1) is 21.2 Å². The Morgan fingerprint density at radius 2 is 2.19 bits per heavy atom. The van der Waals surface area contributed by atoms with Gasteiger partial charge < -0.3 is 5.32 Å². The van der Waals surface area contributed by atoms with Crippen LogP contribution in [0.15, 0.2) is 34.8 Å². The quantitative estimate of drug-likeness (QED) is 0.639. The highest BCUT2D eigenvalue weighted by Crippen LogP contribution is 2.30. The molecule has 21 heavy (non-hydrogen) atoms. The fourth-order valence-corrected chi connectivity index (χ4v) is 2.17. The first-order valence-corrected chi connectivity index (χ1v) is 7.17. The van der Waals surface area contributed by atoms with Gasteiger partial charge in [0.2, 0.25) is 0 Å². The van der Waals surface area contributed by atoms with Crippen LogP contribution < -0.4 is 5.32 Å². The summed E-state index contributed by atoms with van der Waals surface area (Å²) in [6, 6.07) is 7.36. The van der Waals surface area contributed by atoms with E-state index in [2.05, 4.69) is 26.2 Å². The van der Waals surface area contributed by atoms with E-state index >= 15 is 0 Å². The van der Waals surface area contributed by atoms with Crippen LogP contribution in [-0.2, 0) is 0 Å². The van der Waals surface area contributed by atoms with Crippen molar-refractivity contribution in [1.29, 1.82) is 0 Å². The van der Waals surface area contributed by atoms with Crippen molar-refractivity contribution in [3.63, 3.8) is 0 Å². The fourth-order valence-electron chi connectivity index (χ4n) is 1.80. The first-order chi connectivity index (χ1) is 10.0. The lowest BCUT2D eigenvalue weighted by atomic mass is 10.1. The van der Waals surface area contributed by atoms with Gasteiger partial charge in [-0.2, -0.15) is 0 Å². The van der Waals surface area contributed by atoms with Crippen molar-refractivity contribution in [3.05, 3.63) is 50.7 Å². The third kappa shape index (κ3) is 3.55. The lowest BCUT2D eigenvalue weighted by molar-refractivity contribution is -0.384. The summed E-state index contributed by atoms with van der Waals surface area (Å²) in [6.07, 6.45) is 0.852. The molecule has 2 aromatic rings. The van der Waals surface area contributed by atoms with Crippen molar-refractivity contribution >= 4 is 27.4 Å². The third-order valence-electron chi connectivity index (χ3n) is 2.80. The highest BCUT2D eigenvalue weighted by molar-refractivity contribution is 9.10. The van der Waals surface area contributed by atoms with E-state index in [-0.39, 0.29) is 21.4 Å². The van der Waals surface area contributed by atoms with Gasteiger partial charge in [0, 0.05) is 18.2 Å².